The highest BCUT2D eigenvalue weighted by Crippen LogP contribution is 2.37. The number of carbonyl (C=O) groups is 1. The summed E-state index contributed by atoms with van der Waals surface area (Å²) in [5.41, 5.74) is 4.45. The number of nitrogens with one attached hydrogen (secondary N) is 3. The maximum Gasteiger partial charge on any atom is 0.255 e. The third-order valence-electron chi connectivity index (χ3n) is 5.81. The molecule has 4 aromatic carbocycles. The molecule has 8 heteroatoms. The second kappa shape index (κ2) is 13.3. The van der Waals surface area contributed by atoms with Crippen molar-refractivity contribution in [3.05, 3.63) is 96.6 Å². The van der Waals surface area contributed by atoms with Gasteiger partial charge in [-0.05, 0) is 66.0 Å². The van der Waals surface area contributed by atoms with E-state index in [1.807, 2.05) is 72.8 Å². The van der Waals surface area contributed by atoms with Gasteiger partial charge in [-0.25, -0.2) is 0 Å². The van der Waals surface area contributed by atoms with Gasteiger partial charge in [0.25, 0.3) is 5.91 Å². The van der Waals surface area contributed by atoms with Gasteiger partial charge in [0, 0.05) is 30.0 Å². The lowest BCUT2D eigenvalue weighted by molar-refractivity contribution is 0.0952. The summed E-state index contributed by atoms with van der Waals surface area (Å²) in [5, 5.41) is 6.27. The average Bonchev–Trinajstić information content (AvgIpc) is 2.98. The van der Waals surface area contributed by atoms with E-state index in [1.54, 1.807) is 33.5 Å². The van der Waals surface area contributed by atoms with Crippen LogP contribution in [0, 0.1) is 0 Å². The van der Waals surface area contributed by atoms with Crippen LogP contribution in [0.1, 0.15) is 10.4 Å². The van der Waals surface area contributed by atoms with Crippen LogP contribution >= 0.6 is 11.9 Å². The second-order valence-corrected chi connectivity index (χ2v) is 9.08. The normalized spacial score (nSPS) is 10.4. The van der Waals surface area contributed by atoms with Crippen LogP contribution in [-0.4, -0.2) is 40.3 Å². The molecule has 0 saturated heterocycles. The second-order valence-electron chi connectivity index (χ2n) is 8.23. The highest BCUT2D eigenvalue weighted by Gasteiger charge is 2.12. The van der Waals surface area contributed by atoms with Crippen molar-refractivity contribution in [3.8, 4) is 28.4 Å². The van der Waals surface area contributed by atoms with Crippen LogP contribution in [0.3, 0.4) is 0 Å². The van der Waals surface area contributed by atoms with Gasteiger partial charge in [0.05, 0.1) is 31.8 Å². The molecule has 3 N–H and O–H groups in total. The molecular formula is C30H31N3O4S. The summed E-state index contributed by atoms with van der Waals surface area (Å²) in [5.74, 6) is 1.99. The standard InChI is InChI=1S/C30H31N3O4S/c1-35-26-13-6-4-11-24(26)21-15-16-28(37-3)29(19-21)38-33-23-10-8-9-22(20-23)31-17-18-32-30(34)25-12-5-7-14-27(25)36-2/h4-16,19-20,31,33H,17-18H2,1-3H3,(H,32,34). The lowest BCUT2D eigenvalue weighted by atomic mass is 10.0. The van der Waals surface area contributed by atoms with Crippen molar-refractivity contribution < 1.29 is 19.0 Å². The predicted molar refractivity (Wildman–Crippen MR) is 155 cm³/mol. The Morgan fingerprint density at radius 2 is 1.42 bits per heavy atom. The first-order valence-electron chi connectivity index (χ1n) is 12.1. The molecule has 0 unspecified atom stereocenters. The zero-order valence-electron chi connectivity index (χ0n) is 21.6. The molecular weight excluding hydrogens is 498 g/mol. The first-order chi connectivity index (χ1) is 18.6. The molecule has 4 rings (SSSR count). The molecule has 0 fully saturated rings. The number of hydrogen-bond donors (Lipinski definition) is 3. The lowest BCUT2D eigenvalue weighted by Gasteiger charge is -2.14. The van der Waals surface area contributed by atoms with Gasteiger partial charge in [0.2, 0.25) is 0 Å². The summed E-state index contributed by atoms with van der Waals surface area (Å²) in [4.78, 5) is 13.4. The smallest absolute Gasteiger partial charge is 0.255 e. The maximum atomic E-state index is 12.5. The Kier molecular flexibility index (Phi) is 9.37. The van der Waals surface area contributed by atoms with Crippen LogP contribution in [0.5, 0.6) is 17.2 Å². The molecule has 0 heterocycles. The van der Waals surface area contributed by atoms with Crippen molar-refractivity contribution >= 4 is 29.2 Å². The van der Waals surface area contributed by atoms with E-state index in [0.29, 0.717) is 24.4 Å². The van der Waals surface area contributed by atoms with Gasteiger partial charge in [-0.15, -0.1) is 0 Å². The van der Waals surface area contributed by atoms with Crippen molar-refractivity contribution in [3.63, 3.8) is 0 Å². The summed E-state index contributed by atoms with van der Waals surface area (Å²) in [7, 11) is 4.90. The van der Waals surface area contributed by atoms with Gasteiger partial charge in [-0.3, -0.25) is 4.79 Å². The minimum atomic E-state index is -0.166. The van der Waals surface area contributed by atoms with Crippen molar-refractivity contribution in [1.29, 1.82) is 0 Å². The monoisotopic (exact) mass is 529 g/mol. The van der Waals surface area contributed by atoms with Crippen molar-refractivity contribution in [1.82, 2.24) is 5.32 Å². The summed E-state index contributed by atoms with van der Waals surface area (Å²) >= 11 is 1.48. The Morgan fingerprint density at radius 3 is 2.21 bits per heavy atom. The van der Waals surface area contributed by atoms with Crippen LogP contribution in [-0.2, 0) is 0 Å². The number of carbonyl (C=O) groups excluding carboxylic acids is 1. The minimum Gasteiger partial charge on any atom is -0.496 e. The Labute approximate surface area is 227 Å². The van der Waals surface area contributed by atoms with Gasteiger partial charge in [0.1, 0.15) is 17.2 Å². The highest BCUT2D eigenvalue weighted by molar-refractivity contribution is 8.00. The van der Waals surface area contributed by atoms with Crippen molar-refractivity contribution in [2.24, 2.45) is 0 Å². The van der Waals surface area contributed by atoms with Gasteiger partial charge in [0.15, 0.2) is 0 Å². The number of hydrogen-bond acceptors (Lipinski definition) is 7. The quantitative estimate of drug-likeness (QED) is 0.146. The van der Waals surface area contributed by atoms with Crippen LogP contribution < -0.4 is 29.6 Å². The van der Waals surface area contributed by atoms with Gasteiger partial charge < -0.3 is 29.6 Å². The lowest BCUT2D eigenvalue weighted by Crippen LogP contribution is -2.29. The molecule has 38 heavy (non-hydrogen) atoms. The summed E-state index contributed by atoms with van der Waals surface area (Å²) in [6.45, 7) is 1.04. The van der Waals surface area contributed by atoms with Crippen LogP contribution in [0.4, 0.5) is 11.4 Å². The average molecular weight is 530 g/mol. The summed E-state index contributed by atoms with van der Waals surface area (Å²) in [6.07, 6.45) is 0. The van der Waals surface area contributed by atoms with Gasteiger partial charge >= 0.3 is 0 Å². The fourth-order valence-electron chi connectivity index (χ4n) is 3.92. The number of ether oxygens (including phenoxy) is 3. The van der Waals surface area contributed by atoms with Gasteiger partial charge in [-0.2, -0.15) is 0 Å². The first-order valence-corrected chi connectivity index (χ1v) is 12.9. The molecule has 0 radical (unpaired) electrons. The van der Waals surface area contributed by atoms with E-state index in [9.17, 15) is 4.79 Å². The zero-order valence-corrected chi connectivity index (χ0v) is 22.4. The largest absolute Gasteiger partial charge is 0.496 e. The molecule has 1 amide bonds. The molecule has 0 aliphatic heterocycles. The molecule has 0 aliphatic rings. The Morgan fingerprint density at radius 1 is 0.711 bits per heavy atom. The summed E-state index contributed by atoms with van der Waals surface area (Å²) < 4.78 is 19.8. The number of para-hydroxylation sites is 2. The van der Waals surface area contributed by atoms with E-state index in [1.165, 1.54) is 11.9 Å². The van der Waals surface area contributed by atoms with Crippen molar-refractivity contribution in [2.45, 2.75) is 4.90 Å². The van der Waals surface area contributed by atoms with E-state index in [2.05, 4.69) is 21.4 Å². The van der Waals surface area contributed by atoms with Crippen LogP contribution in [0.2, 0.25) is 0 Å². The SMILES string of the molecule is COc1ccc(-c2ccccc2OC)cc1SNc1cccc(NCCNC(=O)c2ccccc2OC)c1. The molecule has 0 aliphatic carbocycles. The van der Waals surface area contributed by atoms with E-state index in [-0.39, 0.29) is 5.91 Å². The summed E-state index contributed by atoms with van der Waals surface area (Å²) in [6, 6.07) is 29.2. The molecule has 0 saturated carbocycles. The van der Waals surface area contributed by atoms with Crippen LogP contribution in [0.15, 0.2) is 95.9 Å². The van der Waals surface area contributed by atoms with Gasteiger partial charge in [-0.1, -0.05) is 42.5 Å². The molecule has 0 spiro atoms. The number of methoxy groups -OCH3 is 3. The Bertz CT molecular complexity index is 1380. The van der Waals surface area contributed by atoms with Crippen molar-refractivity contribution in [2.75, 3.05) is 44.5 Å². The molecule has 0 bridgehead atoms. The fourth-order valence-corrected chi connectivity index (χ4v) is 4.72. The maximum absolute atomic E-state index is 12.5. The number of anilines is 2. The number of amides is 1. The number of benzene rings is 4. The molecule has 0 atom stereocenters. The third-order valence-corrected chi connectivity index (χ3v) is 6.69. The topological polar surface area (TPSA) is 80.9 Å². The Balaban J connectivity index is 1.35. The number of rotatable bonds is 12. The van der Waals surface area contributed by atoms with E-state index in [4.69, 9.17) is 14.2 Å². The third kappa shape index (κ3) is 6.72. The first kappa shape index (κ1) is 26.8. The fraction of sp³-hybridized carbons (Fsp3) is 0.167. The van der Waals surface area contributed by atoms with Crippen LogP contribution in [0.25, 0.3) is 11.1 Å². The molecule has 196 valence electrons. The molecule has 0 aromatic heterocycles. The van der Waals surface area contributed by atoms with E-state index < -0.39 is 0 Å². The Hall–Kier alpha value is -4.30. The minimum absolute atomic E-state index is 0.166. The molecule has 7 nitrogen and oxygen atoms in total. The predicted octanol–water partition coefficient (Wildman–Crippen LogP) is 6.34. The van der Waals surface area contributed by atoms with E-state index >= 15 is 0 Å². The zero-order chi connectivity index (χ0) is 26.7. The highest BCUT2D eigenvalue weighted by atomic mass is 32.2. The molecule has 4 aromatic rings. The van der Waals surface area contributed by atoms with E-state index in [0.717, 1.165) is 38.9 Å².